The molecule has 1 amide bonds. The second kappa shape index (κ2) is 10.0. The van der Waals surface area contributed by atoms with Crippen LogP contribution in [0.25, 0.3) is 0 Å². The number of aliphatic hydroxyl groups is 1. The summed E-state index contributed by atoms with van der Waals surface area (Å²) in [6.45, 7) is 5.21. The van der Waals surface area contributed by atoms with E-state index in [2.05, 4.69) is 46.4 Å². The second-order valence-electron chi connectivity index (χ2n) is 9.21. The number of carbonyl (C=O) groups excluding carboxylic acids is 1. The largest absolute Gasteiger partial charge is 0.391 e. The summed E-state index contributed by atoms with van der Waals surface area (Å²) in [5.74, 6) is 0.0609. The van der Waals surface area contributed by atoms with Crippen LogP contribution in [0.3, 0.4) is 0 Å². The van der Waals surface area contributed by atoms with Crippen molar-refractivity contribution in [2.75, 3.05) is 60.4 Å². The zero-order valence-electron chi connectivity index (χ0n) is 18.3. The number of nitrogens with one attached hydrogen (secondary N) is 1. The molecular weight excluding hydrogens is 364 g/mol. The fraction of sp³-hybridized carbons (Fsp3) is 0.696. The van der Waals surface area contributed by atoms with Gasteiger partial charge in [0.25, 0.3) is 0 Å². The molecule has 0 bridgehead atoms. The normalized spacial score (nSPS) is 29.6. The van der Waals surface area contributed by atoms with E-state index in [-0.39, 0.29) is 23.5 Å². The number of amides is 1. The molecule has 1 aliphatic carbocycles. The molecule has 1 saturated heterocycles. The number of rotatable bonds is 6. The maximum atomic E-state index is 12.3. The number of nitrogens with zero attached hydrogens (tertiary/aromatic N) is 3. The second-order valence-corrected chi connectivity index (χ2v) is 9.21. The highest BCUT2D eigenvalue weighted by Gasteiger charge is 2.40. The molecule has 2 N–H and O–H groups in total. The molecule has 1 saturated carbocycles. The molecule has 6 heteroatoms. The maximum Gasteiger partial charge on any atom is 0.234 e. The van der Waals surface area contributed by atoms with Crippen LogP contribution in [0.4, 0.5) is 0 Å². The van der Waals surface area contributed by atoms with E-state index < -0.39 is 0 Å². The Labute approximate surface area is 175 Å². The van der Waals surface area contributed by atoms with Crippen LogP contribution >= 0.6 is 0 Å². The average Bonchev–Trinajstić information content (AvgIpc) is 2.87. The molecule has 162 valence electrons. The Kier molecular flexibility index (Phi) is 7.68. The number of aliphatic hydroxyl groups excluding tert-OH is 1. The first kappa shape index (κ1) is 22.2. The first-order chi connectivity index (χ1) is 13.9. The Morgan fingerprint density at radius 1 is 1.14 bits per heavy atom. The lowest BCUT2D eigenvalue weighted by Crippen LogP contribution is -2.52. The smallest absolute Gasteiger partial charge is 0.234 e. The van der Waals surface area contributed by atoms with Gasteiger partial charge in [-0.2, -0.15) is 0 Å². The van der Waals surface area contributed by atoms with Gasteiger partial charge in [0.2, 0.25) is 5.91 Å². The van der Waals surface area contributed by atoms with Crippen LogP contribution in [-0.4, -0.2) is 98.3 Å². The van der Waals surface area contributed by atoms with Gasteiger partial charge in [-0.15, -0.1) is 0 Å². The summed E-state index contributed by atoms with van der Waals surface area (Å²) in [6.07, 6.45) is 3.30. The maximum absolute atomic E-state index is 12.3. The Balaban J connectivity index is 1.75. The third-order valence-corrected chi connectivity index (χ3v) is 6.76. The summed E-state index contributed by atoms with van der Waals surface area (Å²) < 4.78 is 0. The lowest BCUT2D eigenvalue weighted by atomic mass is 9.74. The fourth-order valence-corrected chi connectivity index (χ4v) is 4.91. The summed E-state index contributed by atoms with van der Waals surface area (Å²) in [5, 5.41) is 14.2. The standard InChI is InChI=1S/C23H38N4O2/c1-25(2)17-22(29)24-18-23(19-7-5-4-6-8-19)11-9-20(21(28)10-12-23)27-15-13-26(3)14-16-27/h4-8,20-21,28H,9-18H2,1-3H3,(H,24,29)/t20-,21-,23-/m0/s1. The van der Waals surface area contributed by atoms with Gasteiger partial charge in [0.15, 0.2) is 0 Å². The van der Waals surface area contributed by atoms with Gasteiger partial charge in [-0.1, -0.05) is 30.3 Å². The quantitative estimate of drug-likeness (QED) is 0.699. The van der Waals surface area contributed by atoms with Crippen molar-refractivity contribution in [3.05, 3.63) is 35.9 Å². The third kappa shape index (κ3) is 5.79. The van der Waals surface area contributed by atoms with Crippen molar-refractivity contribution < 1.29 is 9.90 Å². The Hall–Kier alpha value is -1.47. The van der Waals surface area contributed by atoms with Crippen molar-refractivity contribution in [1.29, 1.82) is 0 Å². The van der Waals surface area contributed by atoms with Crippen molar-refractivity contribution in [1.82, 2.24) is 20.0 Å². The molecule has 1 aromatic rings. The number of hydrogen-bond acceptors (Lipinski definition) is 5. The van der Waals surface area contributed by atoms with Gasteiger partial charge < -0.3 is 20.2 Å². The molecule has 0 unspecified atom stereocenters. The third-order valence-electron chi connectivity index (χ3n) is 6.76. The predicted octanol–water partition coefficient (Wildman–Crippen LogP) is 1.15. The predicted molar refractivity (Wildman–Crippen MR) is 117 cm³/mol. The number of likely N-dealkylation sites (N-methyl/N-ethyl adjacent to an activating group) is 2. The molecule has 2 fully saturated rings. The van der Waals surface area contributed by atoms with Gasteiger partial charge >= 0.3 is 0 Å². The highest BCUT2D eigenvalue weighted by Crippen LogP contribution is 2.39. The van der Waals surface area contributed by atoms with E-state index in [4.69, 9.17) is 0 Å². The van der Waals surface area contributed by atoms with Gasteiger partial charge in [0, 0.05) is 44.2 Å². The van der Waals surface area contributed by atoms with Crippen molar-refractivity contribution in [2.45, 2.75) is 43.2 Å². The summed E-state index contributed by atoms with van der Waals surface area (Å²) >= 11 is 0. The zero-order valence-corrected chi connectivity index (χ0v) is 18.3. The molecule has 1 aliphatic heterocycles. The van der Waals surface area contributed by atoms with Gasteiger partial charge in [-0.3, -0.25) is 9.69 Å². The van der Waals surface area contributed by atoms with Crippen LogP contribution in [0.1, 0.15) is 31.2 Å². The first-order valence-corrected chi connectivity index (χ1v) is 11.0. The van der Waals surface area contributed by atoms with E-state index in [1.54, 1.807) is 0 Å². The monoisotopic (exact) mass is 402 g/mol. The van der Waals surface area contributed by atoms with E-state index in [9.17, 15) is 9.90 Å². The highest BCUT2D eigenvalue weighted by atomic mass is 16.3. The van der Waals surface area contributed by atoms with Crippen LogP contribution in [-0.2, 0) is 10.2 Å². The van der Waals surface area contributed by atoms with E-state index in [0.717, 1.165) is 51.9 Å². The molecule has 2 aliphatic rings. The Morgan fingerprint density at radius 3 is 2.45 bits per heavy atom. The SMILES string of the molecule is CN(C)CC(=O)NC[C@@]1(c2ccccc2)CC[C@H](O)[C@@H](N2CCN(C)CC2)CC1. The zero-order chi connectivity index (χ0) is 20.9. The fourth-order valence-electron chi connectivity index (χ4n) is 4.91. The molecule has 1 heterocycles. The van der Waals surface area contributed by atoms with Gasteiger partial charge in [-0.25, -0.2) is 0 Å². The van der Waals surface area contributed by atoms with Crippen LogP contribution in [0.5, 0.6) is 0 Å². The summed E-state index contributed by atoms with van der Waals surface area (Å²) in [6, 6.07) is 10.8. The number of carbonyl (C=O) groups is 1. The summed E-state index contributed by atoms with van der Waals surface area (Å²) in [7, 11) is 5.99. The van der Waals surface area contributed by atoms with Crippen molar-refractivity contribution >= 4 is 5.91 Å². The van der Waals surface area contributed by atoms with Gasteiger partial charge in [0.05, 0.1) is 12.6 Å². The minimum absolute atomic E-state index is 0.0609. The topological polar surface area (TPSA) is 59.1 Å². The number of piperazine rings is 1. The lowest BCUT2D eigenvalue weighted by Gasteiger charge is -2.39. The molecule has 3 rings (SSSR count). The van der Waals surface area contributed by atoms with Crippen molar-refractivity contribution in [2.24, 2.45) is 0 Å². The molecule has 0 aromatic heterocycles. The molecule has 6 nitrogen and oxygen atoms in total. The molecule has 3 atom stereocenters. The van der Waals surface area contributed by atoms with Gasteiger partial charge in [-0.05, 0) is 52.4 Å². The van der Waals surface area contributed by atoms with Crippen LogP contribution in [0.15, 0.2) is 30.3 Å². The van der Waals surface area contributed by atoms with Gasteiger partial charge in [0.1, 0.15) is 0 Å². The molecule has 29 heavy (non-hydrogen) atoms. The van der Waals surface area contributed by atoms with Crippen LogP contribution in [0, 0.1) is 0 Å². The Morgan fingerprint density at radius 2 is 1.79 bits per heavy atom. The minimum atomic E-state index is -0.304. The number of benzene rings is 1. The van der Waals surface area contributed by atoms with E-state index >= 15 is 0 Å². The molecule has 1 aromatic carbocycles. The summed E-state index contributed by atoms with van der Waals surface area (Å²) in [4.78, 5) is 19.1. The van der Waals surface area contributed by atoms with Crippen molar-refractivity contribution in [3.8, 4) is 0 Å². The molecule has 0 radical (unpaired) electrons. The lowest BCUT2D eigenvalue weighted by molar-refractivity contribution is -0.122. The average molecular weight is 403 g/mol. The van der Waals surface area contributed by atoms with Crippen LogP contribution < -0.4 is 5.32 Å². The van der Waals surface area contributed by atoms with E-state index in [1.807, 2.05) is 25.1 Å². The number of hydrogen-bond donors (Lipinski definition) is 2. The molecule has 0 spiro atoms. The molecular formula is C23H38N4O2. The highest BCUT2D eigenvalue weighted by molar-refractivity contribution is 5.78. The summed E-state index contributed by atoms with van der Waals surface area (Å²) in [5.41, 5.74) is 1.15. The van der Waals surface area contributed by atoms with E-state index in [1.165, 1.54) is 5.56 Å². The first-order valence-electron chi connectivity index (χ1n) is 11.0. The van der Waals surface area contributed by atoms with E-state index in [0.29, 0.717) is 13.1 Å². The Bertz CT molecular complexity index is 646. The van der Waals surface area contributed by atoms with Crippen molar-refractivity contribution in [3.63, 3.8) is 0 Å². The minimum Gasteiger partial charge on any atom is -0.391 e. The van der Waals surface area contributed by atoms with Crippen LogP contribution in [0.2, 0.25) is 0 Å².